The fourth-order valence-corrected chi connectivity index (χ4v) is 3.97. The average Bonchev–Trinajstić information content (AvgIpc) is 3.45. The summed E-state index contributed by atoms with van der Waals surface area (Å²) in [4.78, 5) is 25.8. The standard InChI is InChI=1S/C23H24N6O/c30-23(20-6-4-19(5-7-20)16-27-10-8-24-18-27)28-13-11-26(12-14-28)17-21-15-25-22-3-1-2-9-29(21)22/h1-10,15,18H,11-14,16-17H2. The van der Waals surface area contributed by atoms with Crippen LogP contribution in [0.5, 0.6) is 0 Å². The lowest BCUT2D eigenvalue weighted by molar-refractivity contribution is 0.0626. The Morgan fingerprint density at radius 3 is 2.53 bits per heavy atom. The van der Waals surface area contributed by atoms with Gasteiger partial charge in [0.15, 0.2) is 0 Å². The summed E-state index contributed by atoms with van der Waals surface area (Å²) in [5.41, 5.74) is 4.05. The van der Waals surface area contributed by atoms with Gasteiger partial charge in [-0.25, -0.2) is 9.97 Å². The van der Waals surface area contributed by atoms with Gasteiger partial charge in [-0.3, -0.25) is 9.69 Å². The minimum absolute atomic E-state index is 0.110. The van der Waals surface area contributed by atoms with Gasteiger partial charge in [0, 0.05) is 63.4 Å². The Kier molecular flexibility index (Phi) is 5.03. The molecule has 0 aliphatic carbocycles. The number of carbonyl (C=O) groups excluding carboxylic acids is 1. The first kappa shape index (κ1) is 18.6. The van der Waals surface area contributed by atoms with Gasteiger partial charge in [-0.15, -0.1) is 0 Å². The molecular weight excluding hydrogens is 376 g/mol. The number of aromatic nitrogens is 4. The number of nitrogens with zero attached hydrogens (tertiary/aromatic N) is 6. The van der Waals surface area contributed by atoms with Gasteiger partial charge < -0.3 is 13.9 Å². The third-order valence-electron chi connectivity index (χ3n) is 5.66. The lowest BCUT2D eigenvalue weighted by Crippen LogP contribution is -2.48. The number of imidazole rings is 2. The number of benzene rings is 1. The zero-order chi connectivity index (χ0) is 20.3. The van der Waals surface area contributed by atoms with Crippen molar-refractivity contribution in [2.75, 3.05) is 26.2 Å². The van der Waals surface area contributed by atoms with E-state index in [1.54, 1.807) is 12.5 Å². The Morgan fingerprint density at radius 2 is 1.77 bits per heavy atom. The molecule has 5 rings (SSSR count). The second-order valence-corrected chi connectivity index (χ2v) is 7.68. The van der Waals surface area contributed by atoms with Crippen molar-refractivity contribution in [2.24, 2.45) is 0 Å². The van der Waals surface area contributed by atoms with E-state index >= 15 is 0 Å². The molecule has 7 nitrogen and oxygen atoms in total. The second kappa shape index (κ2) is 8.12. The quantitative estimate of drug-likeness (QED) is 0.517. The van der Waals surface area contributed by atoms with Crippen LogP contribution in [0.1, 0.15) is 21.6 Å². The fraction of sp³-hybridized carbons (Fsp3) is 0.261. The highest BCUT2D eigenvalue weighted by Crippen LogP contribution is 2.14. The summed E-state index contributed by atoms with van der Waals surface area (Å²) >= 11 is 0. The summed E-state index contributed by atoms with van der Waals surface area (Å²) in [6.45, 7) is 4.82. The third kappa shape index (κ3) is 3.84. The van der Waals surface area contributed by atoms with E-state index in [9.17, 15) is 4.79 Å². The van der Waals surface area contributed by atoms with Gasteiger partial charge in [-0.2, -0.15) is 0 Å². The summed E-state index contributed by atoms with van der Waals surface area (Å²) in [6.07, 6.45) is 9.50. The lowest BCUT2D eigenvalue weighted by atomic mass is 10.1. The molecular formula is C23H24N6O. The second-order valence-electron chi connectivity index (χ2n) is 7.68. The number of amides is 1. The van der Waals surface area contributed by atoms with E-state index in [1.165, 1.54) is 5.69 Å². The van der Waals surface area contributed by atoms with E-state index in [-0.39, 0.29) is 5.91 Å². The summed E-state index contributed by atoms with van der Waals surface area (Å²) in [6, 6.07) is 13.9. The van der Waals surface area contributed by atoms with Crippen molar-refractivity contribution in [1.29, 1.82) is 0 Å². The van der Waals surface area contributed by atoms with Crippen LogP contribution in [-0.4, -0.2) is 60.8 Å². The molecule has 0 unspecified atom stereocenters. The van der Waals surface area contributed by atoms with E-state index in [0.717, 1.165) is 56.0 Å². The maximum absolute atomic E-state index is 12.9. The van der Waals surface area contributed by atoms with E-state index in [2.05, 4.69) is 19.3 Å². The van der Waals surface area contributed by atoms with Crippen molar-refractivity contribution in [2.45, 2.75) is 13.1 Å². The molecule has 1 aromatic carbocycles. The number of fused-ring (bicyclic) bond motifs is 1. The first-order chi connectivity index (χ1) is 14.8. The lowest BCUT2D eigenvalue weighted by Gasteiger charge is -2.34. The van der Waals surface area contributed by atoms with Crippen molar-refractivity contribution in [1.82, 2.24) is 28.7 Å². The van der Waals surface area contributed by atoms with Gasteiger partial charge in [0.05, 0.1) is 18.2 Å². The zero-order valence-corrected chi connectivity index (χ0v) is 16.8. The van der Waals surface area contributed by atoms with Crippen LogP contribution in [0.2, 0.25) is 0 Å². The maximum atomic E-state index is 12.9. The number of hydrogen-bond donors (Lipinski definition) is 0. The topological polar surface area (TPSA) is 58.7 Å². The van der Waals surface area contributed by atoms with E-state index in [4.69, 9.17) is 0 Å². The summed E-state index contributed by atoms with van der Waals surface area (Å²) in [7, 11) is 0. The fourth-order valence-electron chi connectivity index (χ4n) is 3.97. The van der Waals surface area contributed by atoms with Crippen LogP contribution in [0, 0.1) is 0 Å². The van der Waals surface area contributed by atoms with Crippen LogP contribution in [0.4, 0.5) is 0 Å². The van der Waals surface area contributed by atoms with Crippen molar-refractivity contribution in [3.63, 3.8) is 0 Å². The van der Waals surface area contributed by atoms with Gasteiger partial charge in [-0.1, -0.05) is 18.2 Å². The van der Waals surface area contributed by atoms with Gasteiger partial charge in [0.25, 0.3) is 5.91 Å². The highest BCUT2D eigenvalue weighted by Gasteiger charge is 2.22. The molecule has 7 heteroatoms. The van der Waals surface area contributed by atoms with Gasteiger partial charge in [0.2, 0.25) is 0 Å². The molecule has 0 saturated carbocycles. The van der Waals surface area contributed by atoms with Crippen molar-refractivity contribution in [3.05, 3.63) is 90.4 Å². The number of hydrogen-bond acceptors (Lipinski definition) is 4. The normalized spacial score (nSPS) is 15.0. The van der Waals surface area contributed by atoms with Crippen LogP contribution >= 0.6 is 0 Å². The Labute approximate surface area is 175 Å². The van der Waals surface area contributed by atoms with Crippen molar-refractivity contribution >= 4 is 11.6 Å². The first-order valence-electron chi connectivity index (χ1n) is 10.2. The minimum atomic E-state index is 0.110. The molecule has 1 saturated heterocycles. The molecule has 1 fully saturated rings. The Bertz CT molecular complexity index is 1120. The van der Waals surface area contributed by atoms with Crippen LogP contribution in [-0.2, 0) is 13.1 Å². The van der Waals surface area contributed by atoms with Crippen molar-refractivity contribution in [3.8, 4) is 0 Å². The summed E-state index contributed by atoms with van der Waals surface area (Å²) in [5.74, 6) is 0.110. The molecule has 0 bridgehead atoms. The van der Waals surface area contributed by atoms with Crippen LogP contribution in [0.3, 0.4) is 0 Å². The van der Waals surface area contributed by atoms with Crippen molar-refractivity contribution < 1.29 is 4.79 Å². The average molecular weight is 400 g/mol. The van der Waals surface area contributed by atoms with Crippen LogP contribution in [0.25, 0.3) is 5.65 Å². The molecule has 0 N–H and O–H groups in total. The Balaban J connectivity index is 1.17. The molecule has 4 heterocycles. The first-order valence-corrected chi connectivity index (χ1v) is 10.2. The Hall–Kier alpha value is -3.45. The smallest absolute Gasteiger partial charge is 0.253 e. The molecule has 1 aliphatic rings. The third-order valence-corrected chi connectivity index (χ3v) is 5.66. The predicted octanol–water partition coefficient (Wildman–Crippen LogP) is 2.54. The minimum Gasteiger partial charge on any atom is -0.336 e. The zero-order valence-electron chi connectivity index (χ0n) is 16.8. The Morgan fingerprint density at radius 1 is 0.933 bits per heavy atom. The van der Waals surface area contributed by atoms with E-state index < -0.39 is 0 Å². The molecule has 0 atom stereocenters. The van der Waals surface area contributed by atoms with E-state index in [0.29, 0.717) is 0 Å². The highest BCUT2D eigenvalue weighted by atomic mass is 16.2. The molecule has 0 radical (unpaired) electrons. The molecule has 1 amide bonds. The number of pyridine rings is 1. The molecule has 1 aliphatic heterocycles. The largest absolute Gasteiger partial charge is 0.336 e. The van der Waals surface area contributed by atoms with Gasteiger partial charge in [-0.05, 0) is 29.8 Å². The number of piperazine rings is 1. The summed E-state index contributed by atoms with van der Waals surface area (Å²) < 4.78 is 4.14. The predicted molar refractivity (Wildman–Crippen MR) is 114 cm³/mol. The molecule has 30 heavy (non-hydrogen) atoms. The molecule has 0 spiro atoms. The van der Waals surface area contributed by atoms with E-state index in [1.807, 2.05) is 70.5 Å². The maximum Gasteiger partial charge on any atom is 0.253 e. The summed E-state index contributed by atoms with van der Waals surface area (Å²) in [5, 5.41) is 0. The van der Waals surface area contributed by atoms with Crippen LogP contribution in [0.15, 0.2) is 73.6 Å². The monoisotopic (exact) mass is 400 g/mol. The van der Waals surface area contributed by atoms with Gasteiger partial charge >= 0.3 is 0 Å². The number of carbonyl (C=O) groups is 1. The molecule has 3 aromatic heterocycles. The number of rotatable bonds is 5. The molecule has 4 aromatic rings. The van der Waals surface area contributed by atoms with Gasteiger partial charge in [0.1, 0.15) is 5.65 Å². The SMILES string of the molecule is O=C(c1ccc(Cn2ccnc2)cc1)N1CCN(Cc2cnc3ccccn23)CC1. The van der Waals surface area contributed by atoms with Crippen LogP contribution < -0.4 is 0 Å². The highest BCUT2D eigenvalue weighted by molar-refractivity contribution is 5.94. The molecule has 152 valence electrons.